The molecule has 0 amide bonds. The number of aromatic nitrogens is 2. The molecule has 2 heterocycles. The summed E-state index contributed by atoms with van der Waals surface area (Å²) in [6, 6.07) is 4.96. The van der Waals surface area contributed by atoms with Gasteiger partial charge in [-0.15, -0.1) is 0 Å². The van der Waals surface area contributed by atoms with Crippen molar-refractivity contribution in [3.8, 4) is 0 Å². The lowest BCUT2D eigenvalue weighted by atomic mass is 10.1. The number of nitrogens with zero attached hydrogens (tertiary/aromatic N) is 2. The van der Waals surface area contributed by atoms with Crippen LogP contribution in [0.3, 0.4) is 0 Å². The molecule has 1 N–H and O–H groups in total. The highest BCUT2D eigenvalue weighted by Gasteiger charge is 2.20. The van der Waals surface area contributed by atoms with Crippen LogP contribution in [0.2, 0.25) is 0 Å². The predicted molar refractivity (Wildman–Crippen MR) is 81.6 cm³/mol. The molecule has 1 atom stereocenters. The lowest BCUT2D eigenvalue weighted by molar-refractivity contribution is 0.458. The molecule has 2 aromatic heterocycles. The third-order valence-electron chi connectivity index (χ3n) is 4.15. The van der Waals surface area contributed by atoms with Crippen LogP contribution in [0.5, 0.6) is 0 Å². The zero-order valence-corrected chi connectivity index (χ0v) is 13.3. The maximum Gasteiger partial charge on any atom is 0.173 e. The molecular weight excluding hydrogens is 318 g/mol. The molecule has 0 spiro atoms. The summed E-state index contributed by atoms with van der Waals surface area (Å²) in [5.41, 5.74) is 2.27. The van der Waals surface area contributed by atoms with E-state index in [2.05, 4.69) is 38.2 Å². The van der Waals surface area contributed by atoms with Gasteiger partial charge in [-0.1, -0.05) is 12.8 Å². The summed E-state index contributed by atoms with van der Waals surface area (Å²) >= 11 is 3.45. The standard InChI is InChI=1S/C15H20BrN3O/c1-17-14(13-7-9-20-15(13)16)10-11-6-8-19(18-11)12-4-2-3-5-12/h6-9,12,14,17H,2-5,10H2,1H3. The van der Waals surface area contributed by atoms with Gasteiger partial charge in [0.2, 0.25) is 0 Å². The number of halogens is 1. The van der Waals surface area contributed by atoms with E-state index in [1.165, 1.54) is 25.7 Å². The van der Waals surface area contributed by atoms with Gasteiger partial charge in [0.05, 0.1) is 18.0 Å². The van der Waals surface area contributed by atoms with Crippen molar-refractivity contribution in [2.45, 2.75) is 44.2 Å². The van der Waals surface area contributed by atoms with Gasteiger partial charge in [-0.05, 0) is 48.0 Å². The third-order valence-corrected chi connectivity index (χ3v) is 4.79. The first-order valence-corrected chi connectivity index (χ1v) is 8.01. The molecule has 108 valence electrons. The van der Waals surface area contributed by atoms with Crippen LogP contribution in [-0.2, 0) is 6.42 Å². The van der Waals surface area contributed by atoms with Gasteiger partial charge in [0.1, 0.15) is 0 Å². The fourth-order valence-corrected chi connectivity index (χ4v) is 3.51. The second kappa shape index (κ2) is 6.14. The molecule has 3 rings (SSSR count). The zero-order valence-electron chi connectivity index (χ0n) is 11.7. The normalized spacial score (nSPS) is 17.7. The van der Waals surface area contributed by atoms with Gasteiger partial charge in [0.15, 0.2) is 4.67 Å². The maximum absolute atomic E-state index is 5.32. The van der Waals surface area contributed by atoms with Crippen LogP contribution >= 0.6 is 15.9 Å². The Morgan fingerprint density at radius 3 is 2.90 bits per heavy atom. The van der Waals surface area contributed by atoms with E-state index in [1.807, 2.05) is 13.1 Å². The first kappa shape index (κ1) is 13.9. The van der Waals surface area contributed by atoms with Crippen LogP contribution in [0.4, 0.5) is 0 Å². The van der Waals surface area contributed by atoms with Gasteiger partial charge in [0, 0.05) is 24.2 Å². The molecule has 1 aliphatic carbocycles. The Morgan fingerprint density at radius 2 is 2.25 bits per heavy atom. The molecule has 20 heavy (non-hydrogen) atoms. The van der Waals surface area contributed by atoms with E-state index in [0.717, 1.165) is 22.3 Å². The minimum atomic E-state index is 0.218. The fraction of sp³-hybridized carbons (Fsp3) is 0.533. The Morgan fingerprint density at radius 1 is 1.45 bits per heavy atom. The minimum absolute atomic E-state index is 0.218. The smallest absolute Gasteiger partial charge is 0.173 e. The van der Waals surface area contributed by atoms with Gasteiger partial charge in [0.25, 0.3) is 0 Å². The van der Waals surface area contributed by atoms with E-state index in [1.54, 1.807) is 6.26 Å². The summed E-state index contributed by atoms with van der Waals surface area (Å²) in [7, 11) is 1.97. The van der Waals surface area contributed by atoms with Crippen LogP contribution in [0, 0.1) is 0 Å². The van der Waals surface area contributed by atoms with E-state index in [4.69, 9.17) is 9.52 Å². The minimum Gasteiger partial charge on any atom is -0.457 e. The molecule has 1 unspecified atom stereocenters. The van der Waals surface area contributed by atoms with Crippen LogP contribution in [0.15, 0.2) is 33.7 Å². The molecule has 0 bridgehead atoms. The predicted octanol–water partition coefficient (Wildman–Crippen LogP) is 3.86. The highest BCUT2D eigenvalue weighted by molar-refractivity contribution is 9.10. The molecule has 0 radical (unpaired) electrons. The Kier molecular flexibility index (Phi) is 4.27. The monoisotopic (exact) mass is 337 g/mol. The van der Waals surface area contributed by atoms with Gasteiger partial charge < -0.3 is 9.73 Å². The maximum atomic E-state index is 5.32. The van der Waals surface area contributed by atoms with Crippen molar-refractivity contribution in [3.63, 3.8) is 0 Å². The van der Waals surface area contributed by atoms with Crippen LogP contribution in [-0.4, -0.2) is 16.8 Å². The van der Waals surface area contributed by atoms with Crippen molar-refractivity contribution in [2.24, 2.45) is 0 Å². The van der Waals surface area contributed by atoms with E-state index in [0.29, 0.717) is 6.04 Å². The van der Waals surface area contributed by atoms with Crippen molar-refractivity contribution in [1.29, 1.82) is 0 Å². The van der Waals surface area contributed by atoms with Crippen LogP contribution in [0.1, 0.15) is 49.0 Å². The Balaban J connectivity index is 1.71. The molecule has 0 aliphatic heterocycles. The summed E-state index contributed by atoms with van der Waals surface area (Å²) in [5.74, 6) is 0. The lowest BCUT2D eigenvalue weighted by Crippen LogP contribution is -2.19. The average molecular weight is 338 g/mol. The van der Waals surface area contributed by atoms with Crippen molar-refractivity contribution in [1.82, 2.24) is 15.1 Å². The topological polar surface area (TPSA) is 43.0 Å². The van der Waals surface area contributed by atoms with E-state index in [9.17, 15) is 0 Å². The number of likely N-dealkylation sites (N-methyl/N-ethyl adjacent to an activating group) is 1. The SMILES string of the molecule is CNC(Cc1ccn(C2CCCC2)n1)c1ccoc1Br. The third kappa shape index (κ3) is 2.83. The van der Waals surface area contributed by atoms with Gasteiger partial charge in [-0.2, -0.15) is 5.10 Å². The molecule has 2 aromatic rings. The summed E-state index contributed by atoms with van der Waals surface area (Å²) < 4.78 is 8.27. The summed E-state index contributed by atoms with van der Waals surface area (Å²) in [6.07, 6.45) is 9.91. The molecule has 1 fully saturated rings. The van der Waals surface area contributed by atoms with E-state index >= 15 is 0 Å². The van der Waals surface area contributed by atoms with E-state index in [-0.39, 0.29) is 6.04 Å². The first-order valence-electron chi connectivity index (χ1n) is 7.22. The molecular formula is C15H20BrN3O. The number of hydrogen-bond acceptors (Lipinski definition) is 3. The Bertz CT molecular complexity index is 557. The zero-order chi connectivity index (χ0) is 13.9. The second-order valence-electron chi connectivity index (χ2n) is 5.42. The molecule has 1 saturated carbocycles. The highest BCUT2D eigenvalue weighted by Crippen LogP contribution is 2.30. The second-order valence-corrected chi connectivity index (χ2v) is 6.14. The Hall–Kier alpha value is -1.07. The average Bonchev–Trinajstić information content (AvgIpc) is 3.17. The quantitative estimate of drug-likeness (QED) is 0.900. The first-order chi connectivity index (χ1) is 9.78. The number of rotatable bonds is 5. The molecule has 4 nitrogen and oxygen atoms in total. The van der Waals surface area contributed by atoms with Crippen LogP contribution < -0.4 is 5.32 Å². The summed E-state index contributed by atoms with van der Waals surface area (Å²) in [6.45, 7) is 0. The van der Waals surface area contributed by atoms with Crippen molar-refractivity contribution < 1.29 is 4.42 Å². The highest BCUT2D eigenvalue weighted by atomic mass is 79.9. The van der Waals surface area contributed by atoms with Gasteiger partial charge >= 0.3 is 0 Å². The molecule has 0 saturated heterocycles. The number of hydrogen-bond donors (Lipinski definition) is 1. The van der Waals surface area contributed by atoms with E-state index < -0.39 is 0 Å². The lowest BCUT2D eigenvalue weighted by Gasteiger charge is -2.14. The molecule has 5 heteroatoms. The molecule has 0 aromatic carbocycles. The fourth-order valence-electron chi connectivity index (χ4n) is 2.99. The van der Waals surface area contributed by atoms with Gasteiger partial charge in [-0.3, -0.25) is 4.68 Å². The van der Waals surface area contributed by atoms with Gasteiger partial charge in [-0.25, -0.2) is 0 Å². The summed E-state index contributed by atoms with van der Waals surface area (Å²) in [5, 5.41) is 8.08. The Labute approximate surface area is 127 Å². The van der Waals surface area contributed by atoms with Crippen LogP contribution in [0.25, 0.3) is 0 Å². The summed E-state index contributed by atoms with van der Waals surface area (Å²) in [4.78, 5) is 0. The van der Waals surface area contributed by atoms with Crippen molar-refractivity contribution >= 4 is 15.9 Å². The molecule has 1 aliphatic rings. The van der Waals surface area contributed by atoms with Crippen molar-refractivity contribution in [3.05, 3.63) is 40.5 Å². The van der Waals surface area contributed by atoms with Crippen molar-refractivity contribution in [2.75, 3.05) is 7.05 Å². The number of furan rings is 1. The largest absolute Gasteiger partial charge is 0.457 e. The number of nitrogens with one attached hydrogen (secondary N) is 1.